The van der Waals surface area contributed by atoms with E-state index in [0.29, 0.717) is 30.1 Å². The van der Waals surface area contributed by atoms with Crippen molar-refractivity contribution in [1.29, 1.82) is 0 Å². The highest BCUT2D eigenvalue weighted by atomic mass is 31.2. The lowest BCUT2D eigenvalue weighted by molar-refractivity contribution is -0.0504. The third-order valence-electron chi connectivity index (χ3n) is 4.05. The Morgan fingerprint density at radius 3 is 2.78 bits per heavy atom. The summed E-state index contributed by atoms with van der Waals surface area (Å²) in [7, 11) is -4.73. The third kappa shape index (κ3) is 4.42. The molecule has 1 aliphatic heterocycles. The second-order valence-corrected chi connectivity index (χ2v) is 7.19. The van der Waals surface area contributed by atoms with Crippen LogP contribution in [0, 0.1) is 0 Å². The number of phosphoric acid groups is 1. The van der Waals surface area contributed by atoms with Gasteiger partial charge in [-0.25, -0.2) is 19.5 Å². The van der Waals surface area contributed by atoms with Crippen LogP contribution in [0.1, 0.15) is 12.6 Å². The minimum absolute atomic E-state index is 0.355. The van der Waals surface area contributed by atoms with Crippen LogP contribution in [-0.4, -0.2) is 77.5 Å². The van der Waals surface area contributed by atoms with Crippen molar-refractivity contribution in [3.63, 3.8) is 0 Å². The minimum Gasteiger partial charge on any atom is -0.387 e. The predicted octanol–water partition coefficient (Wildman–Crippen LogP) is -1.68. The standard InChI is InChI=1S/C13H21N6O7P/c14-2-1-3-15-11-8-12(17-5-16-11)19(6-18-8)13-10(21)9(20)7(26-13)4-25-27(22,23)24/h5-7,9-10,13,20-21H,1-4,14H2,(H,15,16,17)(H2,22,23,24). The summed E-state index contributed by atoms with van der Waals surface area (Å²) < 4.78 is 22.1. The molecule has 3 heterocycles. The maximum atomic E-state index is 10.8. The van der Waals surface area contributed by atoms with Crippen LogP contribution < -0.4 is 11.1 Å². The summed E-state index contributed by atoms with van der Waals surface area (Å²) in [5, 5.41) is 23.5. The quantitative estimate of drug-likeness (QED) is 0.216. The summed E-state index contributed by atoms with van der Waals surface area (Å²) in [4.78, 5) is 30.1. The first-order valence-electron chi connectivity index (χ1n) is 8.15. The number of phosphoric ester groups is 1. The number of hydrogen-bond donors (Lipinski definition) is 6. The summed E-state index contributed by atoms with van der Waals surface area (Å²) in [5.41, 5.74) is 6.26. The van der Waals surface area contributed by atoms with E-state index < -0.39 is 39.0 Å². The molecule has 1 fully saturated rings. The average Bonchev–Trinajstić information content (AvgIpc) is 3.16. The van der Waals surface area contributed by atoms with E-state index in [1.165, 1.54) is 17.2 Å². The van der Waals surface area contributed by atoms with Gasteiger partial charge < -0.3 is 35.8 Å². The van der Waals surface area contributed by atoms with E-state index in [1.807, 2.05) is 0 Å². The van der Waals surface area contributed by atoms with Crippen LogP contribution in [0.25, 0.3) is 11.2 Å². The van der Waals surface area contributed by atoms with E-state index in [0.717, 1.165) is 6.42 Å². The van der Waals surface area contributed by atoms with Crippen molar-refractivity contribution in [3.05, 3.63) is 12.7 Å². The van der Waals surface area contributed by atoms with Crippen LogP contribution >= 0.6 is 7.82 Å². The monoisotopic (exact) mass is 404 g/mol. The van der Waals surface area contributed by atoms with Gasteiger partial charge in [-0.1, -0.05) is 0 Å². The molecule has 4 unspecified atom stereocenters. The van der Waals surface area contributed by atoms with E-state index in [4.69, 9.17) is 20.3 Å². The van der Waals surface area contributed by atoms with Crippen LogP contribution in [0.4, 0.5) is 5.82 Å². The molecule has 0 bridgehead atoms. The molecule has 0 aromatic carbocycles. The van der Waals surface area contributed by atoms with E-state index in [9.17, 15) is 14.8 Å². The molecule has 14 heteroatoms. The number of nitrogens with two attached hydrogens (primary N) is 1. The molecule has 27 heavy (non-hydrogen) atoms. The highest BCUT2D eigenvalue weighted by molar-refractivity contribution is 7.46. The van der Waals surface area contributed by atoms with Crippen LogP contribution in [0.2, 0.25) is 0 Å². The van der Waals surface area contributed by atoms with E-state index >= 15 is 0 Å². The molecule has 2 aromatic heterocycles. The Kier molecular flexibility index (Phi) is 6.03. The number of hydrogen-bond acceptors (Lipinski definition) is 10. The summed E-state index contributed by atoms with van der Waals surface area (Å²) in [6, 6.07) is 0. The van der Waals surface area contributed by atoms with Crippen molar-refractivity contribution in [1.82, 2.24) is 19.5 Å². The van der Waals surface area contributed by atoms with Crippen LogP contribution in [0.15, 0.2) is 12.7 Å². The molecule has 3 rings (SSSR count). The fourth-order valence-corrected chi connectivity index (χ4v) is 3.08. The van der Waals surface area contributed by atoms with Gasteiger partial charge in [0.1, 0.15) is 24.6 Å². The first kappa shape index (κ1) is 20.0. The predicted molar refractivity (Wildman–Crippen MR) is 91.4 cm³/mol. The van der Waals surface area contributed by atoms with E-state index in [1.54, 1.807) is 0 Å². The van der Waals surface area contributed by atoms with Gasteiger partial charge in [-0.15, -0.1) is 0 Å². The Morgan fingerprint density at radius 2 is 2.07 bits per heavy atom. The number of aliphatic hydroxyl groups excluding tert-OH is 2. The van der Waals surface area contributed by atoms with E-state index in [-0.39, 0.29) is 0 Å². The molecule has 0 aliphatic carbocycles. The summed E-state index contributed by atoms with van der Waals surface area (Å²) >= 11 is 0. The Bertz CT molecular complexity index is 829. The Balaban J connectivity index is 1.80. The molecular formula is C13H21N6O7P. The van der Waals surface area contributed by atoms with Crippen LogP contribution in [0.3, 0.4) is 0 Å². The van der Waals surface area contributed by atoms with E-state index in [2.05, 4.69) is 24.8 Å². The number of rotatable bonds is 8. The molecule has 150 valence electrons. The molecule has 1 aliphatic rings. The van der Waals surface area contributed by atoms with Crippen molar-refractivity contribution in [2.24, 2.45) is 5.73 Å². The number of aliphatic hydroxyl groups is 2. The van der Waals surface area contributed by atoms with Gasteiger partial charge in [-0.05, 0) is 13.0 Å². The number of fused-ring (bicyclic) bond motifs is 1. The smallest absolute Gasteiger partial charge is 0.387 e. The highest BCUT2D eigenvalue weighted by Crippen LogP contribution is 2.38. The Morgan fingerprint density at radius 1 is 1.30 bits per heavy atom. The zero-order valence-electron chi connectivity index (χ0n) is 14.1. The van der Waals surface area contributed by atoms with Gasteiger partial charge in [0.05, 0.1) is 12.9 Å². The normalized spacial score (nSPS) is 26.0. The van der Waals surface area contributed by atoms with Crippen molar-refractivity contribution < 1.29 is 33.8 Å². The van der Waals surface area contributed by atoms with Gasteiger partial charge in [0.2, 0.25) is 0 Å². The van der Waals surface area contributed by atoms with Gasteiger partial charge in [-0.3, -0.25) is 9.09 Å². The SMILES string of the molecule is NCCCNc1ncnc2c1ncn2C1OC(COP(=O)(O)O)C(O)C1O. The first-order chi connectivity index (χ1) is 12.8. The number of anilines is 1. The second kappa shape index (κ2) is 8.12. The lowest BCUT2D eigenvalue weighted by Crippen LogP contribution is -2.33. The fourth-order valence-electron chi connectivity index (χ4n) is 2.74. The third-order valence-corrected chi connectivity index (χ3v) is 4.54. The Labute approximate surface area is 153 Å². The number of imidazole rings is 1. The maximum absolute atomic E-state index is 10.8. The second-order valence-electron chi connectivity index (χ2n) is 5.95. The molecule has 4 atom stereocenters. The number of nitrogens with zero attached hydrogens (tertiary/aromatic N) is 4. The van der Waals surface area contributed by atoms with Crippen molar-refractivity contribution in [2.75, 3.05) is 25.0 Å². The lowest BCUT2D eigenvalue weighted by Gasteiger charge is -2.16. The Hall–Kier alpha value is -1.70. The van der Waals surface area contributed by atoms with Crippen LogP contribution in [0.5, 0.6) is 0 Å². The zero-order valence-corrected chi connectivity index (χ0v) is 15.0. The number of ether oxygens (including phenoxy) is 1. The largest absolute Gasteiger partial charge is 0.469 e. The summed E-state index contributed by atoms with van der Waals surface area (Å²) in [6.45, 7) is 0.527. The molecule has 0 saturated carbocycles. The topological polar surface area (TPSA) is 198 Å². The highest BCUT2D eigenvalue weighted by Gasteiger charge is 2.45. The molecule has 0 amide bonds. The fraction of sp³-hybridized carbons (Fsp3) is 0.615. The lowest BCUT2D eigenvalue weighted by atomic mass is 10.1. The molecule has 13 nitrogen and oxygen atoms in total. The van der Waals surface area contributed by atoms with Crippen molar-refractivity contribution >= 4 is 24.8 Å². The molecule has 0 radical (unpaired) electrons. The molecule has 2 aromatic rings. The summed E-state index contributed by atoms with van der Waals surface area (Å²) in [5.74, 6) is 0.488. The van der Waals surface area contributed by atoms with Gasteiger partial charge >= 0.3 is 7.82 Å². The van der Waals surface area contributed by atoms with Gasteiger partial charge in [0.15, 0.2) is 23.2 Å². The molecule has 0 spiro atoms. The number of aromatic nitrogens is 4. The zero-order chi connectivity index (χ0) is 19.6. The molecule has 7 N–H and O–H groups in total. The van der Waals surface area contributed by atoms with Gasteiger partial charge in [0, 0.05) is 6.54 Å². The van der Waals surface area contributed by atoms with Crippen molar-refractivity contribution in [3.8, 4) is 0 Å². The molecular weight excluding hydrogens is 383 g/mol. The average molecular weight is 404 g/mol. The van der Waals surface area contributed by atoms with Crippen LogP contribution in [-0.2, 0) is 13.8 Å². The maximum Gasteiger partial charge on any atom is 0.469 e. The minimum atomic E-state index is -4.73. The summed E-state index contributed by atoms with van der Waals surface area (Å²) in [6.07, 6.45) is -1.57. The molecule has 1 saturated heterocycles. The first-order valence-corrected chi connectivity index (χ1v) is 9.68. The van der Waals surface area contributed by atoms with Crippen molar-refractivity contribution in [2.45, 2.75) is 31.0 Å². The number of nitrogens with one attached hydrogen (secondary N) is 1. The van der Waals surface area contributed by atoms with Gasteiger partial charge in [-0.2, -0.15) is 0 Å². The van der Waals surface area contributed by atoms with Gasteiger partial charge in [0.25, 0.3) is 0 Å².